The number of benzene rings is 1. The highest BCUT2D eigenvalue weighted by Crippen LogP contribution is 2.22. The van der Waals surface area contributed by atoms with Crippen molar-refractivity contribution in [1.29, 1.82) is 0 Å². The van der Waals surface area contributed by atoms with E-state index < -0.39 is 9.84 Å². The minimum absolute atomic E-state index is 0.103. The lowest BCUT2D eigenvalue weighted by Crippen LogP contribution is -2.21. The molecule has 0 radical (unpaired) electrons. The van der Waals surface area contributed by atoms with Crippen LogP contribution in [0.2, 0.25) is 0 Å². The second kappa shape index (κ2) is 6.27. The number of ether oxygens (including phenoxy) is 1. The van der Waals surface area contributed by atoms with Crippen LogP contribution in [0.3, 0.4) is 0 Å². The Morgan fingerprint density at radius 2 is 2.10 bits per heavy atom. The fourth-order valence-corrected chi connectivity index (χ4v) is 4.29. The van der Waals surface area contributed by atoms with Crippen molar-refractivity contribution >= 4 is 9.84 Å². The Bertz CT molecular complexity index is 555. The van der Waals surface area contributed by atoms with Gasteiger partial charge in [-0.15, -0.1) is 0 Å². The van der Waals surface area contributed by atoms with Gasteiger partial charge in [-0.2, -0.15) is 0 Å². The second-order valence-corrected chi connectivity index (χ2v) is 8.14. The van der Waals surface area contributed by atoms with Crippen molar-refractivity contribution < 1.29 is 13.2 Å². The van der Waals surface area contributed by atoms with Crippen LogP contribution in [0.25, 0.3) is 0 Å². The van der Waals surface area contributed by atoms with E-state index in [1.165, 1.54) is 5.56 Å². The standard InChI is InChI=1S/C16H24O3S/c1-12(2)14-7-6-13(3)15(9-14)10-20(17,18)11-16-5-4-8-19-16/h6-7,9,12,16H,4-5,8,10-11H2,1-3H3. The first-order valence-electron chi connectivity index (χ1n) is 7.29. The molecule has 1 aromatic rings. The van der Waals surface area contributed by atoms with Gasteiger partial charge in [0.25, 0.3) is 0 Å². The quantitative estimate of drug-likeness (QED) is 0.838. The zero-order valence-electron chi connectivity index (χ0n) is 12.6. The van der Waals surface area contributed by atoms with E-state index in [2.05, 4.69) is 19.9 Å². The highest BCUT2D eigenvalue weighted by atomic mass is 32.2. The lowest BCUT2D eigenvalue weighted by molar-refractivity contribution is 0.127. The first-order chi connectivity index (χ1) is 9.37. The van der Waals surface area contributed by atoms with Crippen LogP contribution in [0, 0.1) is 6.92 Å². The first kappa shape index (κ1) is 15.5. The van der Waals surface area contributed by atoms with Gasteiger partial charge in [0.15, 0.2) is 9.84 Å². The lowest BCUT2D eigenvalue weighted by Gasteiger charge is -2.14. The summed E-state index contributed by atoms with van der Waals surface area (Å²) in [5.74, 6) is 0.688. The Morgan fingerprint density at radius 1 is 1.35 bits per heavy atom. The summed E-state index contributed by atoms with van der Waals surface area (Å²) in [5.41, 5.74) is 3.16. The van der Waals surface area contributed by atoms with Crippen molar-refractivity contribution in [2.45, 2.75) is 51.4 Å². The van der Waals surface area contributed by atoms with E-state index in [0.717, 1.165) is 24.0 Å². The zero-order valence-corrected chi connectivity index (χ0v) is 13.4. The van der Waals surface area contributed by atoms with Crippen LogP contribution >= 0.6 is 0 Å². The van der Waals surface area contributed by atoms with Gasteiger partial charge in [-0.05, 0) is 42.4 Å². The SMILES string of the molecule is Cc1ccc(C(C)C)cc1CS(=O)(=O)CC1CCCO1. The molecule has 0 N–H and O–H groups in total. The van der Waals surface area contributed by atoms with Gasteiger partial charge < -0.3 is 4.74 Å². The summed E-state index contributed by atoms with van der Waals surface area (Å²) in [7, 11) is -3.11. The molecule has 3 nitrogen and oxygen atoms in total. The van der Waals surface area contributed by atoms with Gasteiger partial charge >= 0.3 is 0 Å². The van der Waals surface area contributed by atoms with E-state index in [4.69, 9.17) is 4.74 Å². The summed E-state index contributed by atoms with van der Waals surface area (Å²) in [5, 5.41) is 0. The van der Waals surface area contributed by atoms with Gasteiger partial charge in [0.05, 0.1) is 17.6 Å². The molecular weight excluding hydrogens is 272 g/mol. The number of aryl methyl sites for hydroxylation is 1. The number of hydrogen-bond donors (Lipinski definition) is 0. The Hall–Kier alpha value is -0.870. The van der Waals surface area contributed by atoms with E-state index in [0.29, 0.717) is 12.5 Å². The molecule has 0 amide bonds. The number of sulfone groups is 1. The fourth-order valence-electron chi connectivity index (χ4n) is 2.56. The largest absolute Gasteiger partial charge is 0.377 e. The lowest BCUT2D eigenvalue weighted by atomic mass is 9.99. The molecule has 4 heteroatoms. The molecule has 1 atom stereocenters. The van der Waals surface area contributed by atoms with E-state index >= 15 is 0 Å². The predicted molar refractivity (Wildman–Crippen MR) is 81.7 cm³/mol. The topological polar surface area (TPSA) is 43.4 Å². The molecule has 1 heterocycles. The van der Waals surface area contributed by atoms with Crippen molar-refractivity contribution in [2.24, 2.45) is 0 Å². The minimum Gasteiger partial charge on any atom is -0.377 e. The third-order valence-corrected chi connectivity index (χ3v) is 5.51. The van der Waals surface area contributed by atoms with Crippen LogP contribution in [0.1, 0.15) is 49.3 Å². The van der Waals surface area contributed by atoms with Gasteiger partial charge in [-0.25, -0.2) is 8.42 Å². The summed E-state index contributed by atoms with van der Waals surface area (Å²) in [6.07, 6.45) is 1.74. The fraction of sp³-hybridized carbons (Fsp3) is 0.625. The molecule has 0 bridgehead atoms. The van der Waals surface area contributed by atoms with Crippen LogP contribution in [0.4, 0.5) is 0 Å². The molecule has 0 aliphatic carbocycles. The maximum absolute atomic E-state index is 12.3. The predicted octanol–water partition coefficient (Wildman–Crippen LogP) is 3.21. The summed E-state index contributed by atoms with van der Waals surface area (Å²) < 4.78 is 30.1. The summed E-state index contributed by atoms with van der Waals surface area (Å²) in [6.45, 7) is 6.91. The highest BCUT2D eigenvalue weighted by Gasteiger charge is 2.24. The highest BCUT2D eigenvalue weighted by molar-refractivity contribution is 7.90. The molecule has 0 saturated carbocycles. The van der Waals surface area contributed by atoms with Crippen LogP contribution in [-0.2, 0) is 20.3 Å². The molecule has 1 aromatic carbocycles. The second-order valence-electron chi connectivity index (χ2n) is 6.03. The molecule has 1 fully saturated rings. The molecule has 0 spiro atoms. The first-order valence-corrected chi connectivity index (χ1v) is 9.11. The third-order valence-electron chi connectivity index (χ3n) is 3.88. The Morgan fingerprint density at radius 3 is 2.70 bits per heavy atom. The van der Waals surface area contributed by atoms with Crippen molar-refractivity contribution in [3.05, 3.63) is 34.9 Å². The van der Waals surface area contributed by atoms with Crippen LogP contribution in [0.5, 0.6) is 0 Å². The molecule has 0 aromatic heterocycles. The summed E-state index contributed by atoms with van der Waals surface area (Å²) in [6, 6.07) is 6.13. The van der Waals surface area contributed by atoms with E-state index in [-0.39, 0.29) is 17.6 Å². The van der Waals surface area contributed by atoms with Crippen molar-refractivity contribution in [2.75, 3.05) is 12.4 Å². The molecular formula is C16H24O3S. The van der Waals surface area contributed by atoms with Gasteiger partial charge in [0.1, 0.15) is 0 Å². The normalized spacial score (nSPS) is 19.7. The molecule has 1 saturated heterocycles. The maximum Gasteiger partial charge on any atom is 0.156 e. The molecule has 112 valence electrons. The van der Waals surface area contributed by atoms with E-state index in [9.17, 15) is 8.42 Å². The average molecular weight is 296 g/mol. The van der Waals surface area contributed by atoms with Crippen LogP contribution in [-0.4, -0.2) is 26.9 Å². The van der Waals surface area contributed by atoms with E-state index in [1.54, 1.807) is 0 Å². The average Bonchev–Trinajstić information content (AvgIpc) is 2.83. The summed E-state index contributed by atoms with van der Waals surface area (Å²) in [4.78, 5) is 0. The van der Waals surface area contributed by atoms with Gasteiger partial charge in [0.2, 0.25) is 0 Å². The number of rotatable bonds is 5. The molecule has 1 aliphatic rings. The molecule has 1 unspecified atom stereocenters. The summed E-state index contributed by atoms with van der Waals surface area (Å²) >= 11 is 0. The molecule has 2 rings (SSSR count). The maximum atomic E-state index is 12.3. The van der Waals surface area contributed by atoms with Crippen molar-refractivity contribution in [3.8, 4) is 0 Å². The Kier molecular flexibility index (Phi) is 4.86. The Labute approximate surface area is 122 Å². The van der Waals surface area contributed by atoms with Crippen LogP contribution < -0.4 is 0 Å². The van der Waals surface area contributed by atoms with E-state index in [1.807, 2.05) is 19.1 Å². The molecule has 1 aliphatic heterocycles. The zero-order chi connectivity index (χ0) is 14.8. The third kappa shape index (κ3) is 4.06. The smallest absolute Gasteiger partial charge is 0.156 e. The van der Waals surface area contributed by atoms with Crippen molar-refractivity contribution in [3.63, 3.8) is 0 Å². The monoisotopic (exact) mass is 296 g/mol. The van der Waals surface area contributed by atoms with Gasteiger partial charge in [-0.1, -0.05) is 32.0 Å². The van der Waals surface area contributed by atoms with Gasteiger partial charge in [0, 0.05) is 6.61 Å². The van der Waals surface area contributed by atoms with Crippen molar-refractivity contribution in [1.82, 2.24) is 0 Å². The number of hydrogen-bond acceptors (Lipinski definition) is 3. The minimum atomic E-state index is -3.11. The molecule has 20 heavy (non-hydrogen) atoms. The van der Waals surface area contributed by atoms with Crippen LogP contribution in [0.15, 0.2) is 18.2 Å². The Balaban J connectivity index is 2.13. The van der Waals surface area contributed by atoms with Gasteiger partial charge in [-0.3, -0.25) is 0 Å².